The van der Waals surface area contributed by atoms with E-state index in [1.54, 1.807) is 18.2 Å². The van der Waals surface area contributed by atoms with Crippen LogP contribution in [0.15, 0.2) is 29.4 Å². The summed E-state index contributed by atoms with van der Waals surface area (Å²) in [5.41, 5.74) is 0.698. The van der Waals surface area contributed by atoms with Crippen LogP contribution in [0, 0.1) is 12.3 Å². The van der Waals surface area contributed by atoms with Crippen molar-refractivity contribution in [1.82, 2.24) is 0 Å². The Balaban J connectivity index is 2.48. The normalized spacial score (nSPS) is 11.8. The number of carbonyl (C=O) groups is 1. The average Bonchev–Trinajstić information content (AvgIpc) is 2.38. The Morgan fingerprint density at radius 2 is 2.33 bits per heavy atom. The van der Waals surface area contributed by atoms with Crippen molar-refractivity contribution < 1.29 is 14.4 Å². The molecule has 0 saturated carbocycles. The molecule has 1 rings (SSSR count). The van der Waals surface area contributed by atoms with E-state index in [0.717, 1.165) is 0 Å². The number of esters is 1. The van der Waals surface area contributed by atoms with Gasteiger partial charge in [-0.1, -0.05) is 40.9 Å². The van der Waals surface area contributed by atoms with Crippen molar-refractivity contribution in [3.05, 3.63) is 34.9 Å². The second kappa shape index (κ2) is 7.36. The second-order valence-corrected chi connectivity index (χ2v) is 3.72. The van der Waals surface area contributed by atoms with Crippen molar-refractivity contribution >= 4 is 23.8 Å². The summed E-state index contributed by atoms with van der Waals surface area (Å²) in [6.07, 6.45) is 5.56. The molecule has 0 radical (unpaired) electrons. The van der Waals surface area contributed by atoms with Gasteiger partial charge in [0.1, 0.15) is 0 Å². The number of terminal acetylenes is 1. The zero-order valence-electron chi connectivity index (χ0n) is 9.80. The van der Waals surface area contributed by atoms with Crippen LogP contribution in [-0.2, 0) is 14.4 Å². The van der Waals surface area contributed by atoms with E-state index in [9.17, 15) is 4.79 Å². The lowest BCUT2D eigenvalue weighted by Crippen LogP contribution is -2.21. The fourth-order valence-electron chi connectivity index (χ4n) is 1.03. The lowest BCUT2D eigenvalue weighted by atomic mass is 10.2. The Morgan fingerprint density at radius 3 is 3.00 bits per heavy atom. The monoisotopic (exact) mass is 265 g/mol. The average molecular weight is 266 g/mol. The van der Waals surface area contributed by atoms with Crippen molar-refractivity contribution in [2.75, 3.05) is 6.61 Å². The Morgan fingerprint density at radius 1 is 1.61 bits per heavy atom. The third-order valence-corrected chi connectivity index (χ3v) is 2.29. The van der Waals surface area contributed by atoms with E-state index in [1.807, 2.05) is 6.07 Å². The van der Waals surface area contributed by atoms with Gasteiger partial charge in [0.05, 0.1) is 6.21 Å². The fourth-order valence-corrected chi connectivity index (χ4v) is 1.22. The molecule has 1 aromatic rings. The molecule has 5 heteroatoms. The number of oxime groups is 1. The fraction of sp³-hybridized carbons (Fsp3) is 0.231. The highest BCUT2D eigenvalue weighted by atomic mass is 35.5. The Labute approximate surface area is 111 Å². The van der Waals surface area contributed by atoms with Crippen molar-refractivity contribution in [3.8, 4) is 12.3 Å². The van der Waals surface area contributed by atoms with Gasteiger partial charge in [-0.3, -0.25) is 0 Å². The molecule has 0 N–H and O–H groups in total. The molecule has 4 nitrogen and oxygen atoms in total. The van der Waals surface area contributed by atoms with Crippen LogP contribution in [0.2, 0.25) is 5.02 Å². The van der Waals surface area contributed by atoms with Crippen molar-refractivity contribution in [3.63, 3.8) is 0 Å². The molecule has 0 aliphatic heterocycles. The van der Waals surface area contributed by atoms with E-state index in [-0.39, 0.29) is 6.61 Å². The smallest absolute Gasteiger partial charge is 0.350 e. The van der Waals surface area contributed by atoms with Gasteiger partial charge >= 0.3 is 5.97 Å². The zero-order valence-corrected chi connectivity index (χ0v) is 10.6. The second-order valence-electron chi connectivity index (χ2n) is 3.32. The number of benzene rings is 1. The van der Waals surface area contributed by atoms with E-state index < -0.39 is 12.1 Å². The van der Waals surface area contributed by atoms with E-state index in [4.69, 9.17) is 22.9 Å². The van der Waals surface area contributed by atoms with Gasteiger partial charge < -0.3 is 9.57 Å². The summed E-state index contributed by atoms with van der Waals surface area (Å²) in [5, 5.41) is 4.22. The molecular formula is C13H12ClNO3. The van der Waals surface area contributed by atoms with Crippen molar-refractivity contribution in [2.24, 2.45) is 5.16 Å². The quantitative estimate of drug-likeness (QED) is 0.355. The van der Waals surface area contributed by atoms with Gasteiger partial charge in [-0.05, 0) is 13.0 Å². The van der Waals surface area contributed by atoms with Gasteiger partial charge in [0.15, 0.2) is 6.61 Å². The Bertz CT molecular complexity index is 479. The number of hydrogen-bond acceptors (Lipinski definition) is 4. The number of nitrogens with zero attached hydrogens (tertiary/aromatic N) is 1. The Hall–Kier alpha value is -1.99. The minimum absolute atomic E-state index is 0.0826. The predicted octanol–water partition coefficient (Wildman–Crippen LogP) is 2.26. The standard InChI is InChI=1S/C13H12ClNO3/c1-3-8-17-13(16)10(2)18-15-9-11-6-4-5-7-12(11)14/h1,4-7,9-10H,8H2,2H3. The molecule has 0 saturated heterocycles. The SMILES string of the molecule is C#CCOC(=O)C(C)ON=Cc1ccccc1Cl. The van der Waals surface area contributed by atoms with Gasteiger partial charge in [-0.25, -0.2) is 4.79 Å². The number of hydrogen-bond donors (Lipinski definition) is 0. The summed E-state index contributed by atoms with van der Waals surface area (Å²) in [4.78, 5) is 16.2. The minimum atomic E-state index is -0.822. The molecule has 94 valence electrons. The van der Waals surface area contributed by atoms with Gasteiger partial charge in [-0.2, -0.15) is 0 Å². The van der Waals surface area contributed by atoms with E-state index >= 15 is 0 Å². The number of carbonyl (C=O) groups excluding carboxylic acids is 1. The lowest BCUT2D eigenvalue weighted by molar-refractivity contribution is -0.154. The van der Waals surface area contributed by atoms with Crippen LogP contribution in [0.4, 0.5) is 0 Å². The molecule has 0 aliphatic carbocycles. The first-order valence-corrected chi connectivity index (χ1v) is 5.56. The highest BCUT2D eigenvalue weighted by molar-refractivity contribution is 6.33. The number of halogens is 1. The maximum Gasteiger partial charge on any atom is 0.350 e. The Kier molecular flexibility index (Phi) is 5.75. The van der Waals surface area contributed by atoms with Gasteiger partial charge in [-0.15, -0.1) is 6.42 Å². The maximum absolute atomic E-state index is 11.3. The van der Waals surface area contributed by atoms with Crippen LogP contribution in [-0.4, -0.2) is 24.9 Å². The molecule has 1 atom stereocenters. The largest absolute Gasteiger partial charge is 0.450 e. The van der Waals surface area contributed by atoms with Crippen LogP contribution in [0.3, 0.4) is 0 Å². The summed E-state index contributed by atoms with van der Waals surface area (Å²) in [5.74, 6) is 1.62. The summed E-state index contributed by atoms with van der Waals surface area (Å²) >= 11 is 5.91. The van der Waals surface area contributed by atoms with Crippen LogP contribution in [0.25, 0.3) is 0 Å². The first-order chi connectivity index (χ1) is 8.65. The molecule has 0 aliphatic rings. The van der Waals surface area contributed by atoms with Gasteiger partial charge in [0.2, 0.25) is 6.10 Å². The third kappa shape index (κ3) is 4.48. The van der Waals surface area contributed by atoms with Crippen molar-refractivity contribution in [1.29, 1.82) is 0 Å². The molecule has 0 bridgehead atoms. The van der Waals surface area contributed by atoms with Gasteiger partial charge in [0, 0.05) is 10.6 Å². The molecule has 1 unspecified atom stereocenters. The summed E-state index contributed by atoms with van der Waals surface area (Å²) < 4.78 is 4.68. The predicted molar refractivity (Wildman–Crippen MR) is 69.4 cm³/mol. The number of rotatable bonds is 5. The third-order valence-electron chi connectivity index (χ3n) is 1.95. The highest BCUT2D eigenvalue weighted by Crippen LogP contribution is 2.12. The highest BCUT2D eigenvalue weighted by Gasteiger charge is 2.14. The molecule has 0 amide bonds. The molecule has 0 heterocycles. The van der Waals surface area contributed by atoms with Crippen LogP contribution in [0.1, 0.15) is 12.5 Å². The molecule has 1 aromatic carbocycles. The van der Waals surface area contributed by atoms with Crippen LogP contribution >= 0.6 is 11.6 Å². The molecule has 18 heavy (non-hydrogen) atoms. The van der Waals surface area contributed by atoms with E-state index in [0.29, 0.717) is 10.6 Å². The van der Waals surface area contributed by atoms with Gasteiger partial charge in [0.25, 0.3) is 0 Å². The first-order valence-electron chi connectivity index (χ1n) is 5.19. The minimum Gasteiger partial charge on any atom is -0.450 e. The topological polar surface area (TPSA) is 47.9 Å². The maximum atomic E-state index is 11.3. The zero-order chi connectivity index (χ0) is 13.4. The van der Waals surface area contributed by atoms with E-state index in [1.165, 1.54) is 13.1 Å². The molecule has 0 fully saturated rings. The lowest BCUT2D eigenvalue weighted by Gasteiger charge is -2.07. The van der Waals surface area contributed by atoms with E-state index in [2.05, 4.69) is 15.8 Å². The molecular weight excluding hydrogens is 254 g/mol. The first kappa shape index (κ1) is 14.1. The van der Waals surface area contributed by atoms with Crippen LogP contribution < -0.4 is 0 Å². The summed E-state index contributed by atoms with van der Waals surface area (Å²) in [6.45, 7) is 1.43. The van der Waals surface area contributed by atoms with Crippen LogP contribution in [0.5, 0.6) is 0 Å². The molecule has 0 spiro atoms. The summed E-state index contributed by atoms with van der Waals surface area (Å²) in [6, 6.07) is 7.13. The summed E-state index contributed by atoms with van der Waals surface area (Å²) in [7, 11) is 0. The molecule has 0 aromatic heterocycles. The number of ether oxygens (including phenoxy) is 1. The van der Waals surface area contributed by atoms with Crippen molar-refractivity contribution in [2.45, 2.75) is 13.0 Å².